The number of aromatic amines is 1. The van der Waals surface area contributed by atoms with Gasteiger partial charge in [0.1, 0.15) is 12.2 Å². The second kappa shape index (κ2) is 5.64. The Hall–Kier alpha value is -1.88. The van der Waals surface area contributed by atoms with Gasteiger partial charge in [-0.15, -0.1) is 11.6 Å². The molecule has 6 heteroatoms. The normalized spacial score (nSPS) is 10.3. The average Bonchev–Trinajstić information content (AvgIpc) is 2.91. The number of hydrogen-bond donors (Lipinski definition) is 1. The van der Waals surface area contributed by atoms with Crippen molar-refractivity contribution in [3.8, 4) is 0 Å². The molecule has 2 rings (SSSR count). The zero-order chi connectivity index (χ0) is 13.0. The van der Waals surface area contributed by atoms with Crippen molar-refractivity contribution >= 4 is 17.5 Å². The highest BCUT2D eigenvalue weighted by atomic mass is 35.5. The van der Waals surface area contributed by atoms with Crippen molar-refractivity contribution in [3.63, 3.8) is 0 Å². The van der Waals surface area contributed by atoms with Crippen LogP contribution in [0.15, 0.2) is 30.6 Å². The number of aromatic nitrogens is 3. The molecule has 0 aliphatic heterocycles. The zero-order valence-corrected chi connectivity index (χ0v) is 10.7. The molecule has 1 aromatic carbocycles. The maximum Gasteiger partial charge on any atom is 0.254 e. The van der Waals surface area contributed by atoms with Gasteiger partial charge in [0.15, 0.2) is 0 Å². The van der Waals surface area contributed by atoms with Crippen LogP contribution in [0.1, 0.15) is 21.7 Å². The Morgan fingerprint density at radius 2 is 2.11 bits per heavy atom. The quantitative estimate of drug-likeness (QED) is 0.857. The smallest absolute Gasteiger partial charge is 0.254 e. The predicted octanol–water partition coefficient (Wildman–Crippen LogP) is 1.82. The minimum absolute atomic E-state index is 0.0625. The van der Waals surface area contributed by atoms with Gasteiger partial charge in [-0.3, -0.25) is 9.89 Å². The monoisotopic (exact) mass is 264 g/mol. The molecule has 5 nitrogen and oxygen atoms in total. The number of nitrogens with zero attached hydrogens (tertiary/aromatic N) is 3. The van der Waals surface area contributed by atoms with Gasteiger partial charge in [-0.2, -0.15) is 5.10 Å². The highest BCUT2D eigenvalue weighted by Gasteiger charge is 2.12. The van der Waals surface area contributed by atoms with Crippen molar-refractivity contribution in [1.29, 1.82) is 0 Å². The number of H-pyrrole nitrogens is 1. The third-order valence-electron chi connectivity index (χ3n) is 2.55. The van der Waals surface area contributed by atoms with E-state index in [1.807, 2.05) is 12.1 Å². The summed E-state index contributed by atoms with van der Waals surface area (Å²) in [6.07, 6.45) is 1.42. The third-order valence-corrected chi connectivity index (χ3v) is 2.86. The Balaban J connectivity index is 2.05. The molecule has 1 aromatic heterocycles. The van der Waals surface area contributed by atoms with Crippen molar-refractivity contribution in [2.45, 2.75) is 12.4 Å². The van der Waals surface area contributed by atoms with E-state index in [0.29, 0.717) is 23.8 Å². The molecule has 0 saturated heterocycles. The topological polar surface area (TPSA) is 61.9 Å². The summed E-state index contributed by atoms with van der Waals surface area (Å²) in [4.78, 5) is 17.7. The molecule has 0 aliphatic rings. The zero-order valence-electron chi connectivity index (χ0n) is 9.93. The molecule has 0 atom stereocenters. The lowest BCUT2D eigenvalue weighted by Crippen LogP contribution is -2.26. The van der Waals surface area contributed by atoms with Gasteiger partial charge in [-0.05, 0) is 17.7 Å². The fourth-order valence-corrected chi connectivity index (χ4v) is 1.74. The van der Waals surface area contributed by atoms with Crippen molar-refractivity contribution in [1.82, 2.24) is 20.1 Å². The van der Waals surface area contributed by atoms with Crippen LogP contribution >= 0.6 is 11.6 Å². The lowest BCUT2D eigenvalue weighted by molar-refractivity contribution is 0.0781. The highest BCUT2D eigenvalue weighted by molar-refractivity contribution is 6.17. The molecular weight excluding hydrogens is 252 g/mol. The minimum atomic E-state index is -0.0625. The van der Waals surface area contributed by atoms with Gasteiger partial charge >= 0.3 is 0 Å². The molecule has 0 radical (unpaired) electrons. The van der Waals surface area contributed by atoms with E-state index < -0.39 is 0 Å². The Bertz CT molecular complexity index is 509. The van der Waals surface area contributed by atoms with Crippen LogP contribution < -0.4 is 0 Å². The van der Waals surface area contributed by atoms with E-state index in [2.05, 4.69) is 15.2 Å². The van der Waals surface area contributed by atoms with Gasteiger partial charge in [0.2, 0.25) is 0 Å². The fourth-order valence-electron chi connectivity index (χ4n) is 1.56. The van der Waals surface area contributed by atoms with Crippen LogP contribution in [0.5, 0.6) is 0 Å². The second-order valence-electron chi connectivity index (χ2n) is 3.92. The van der Waals surface area contributed by atoms with Gasteiger partial charge in [0.25, 0.3) is 5.91 Å². The number of amides is 1. The molecule has 0 bridgehead atoms. The number of benzene rings is 1. The lowest BCUT2D eigenvalue weighted by atomic mass is 10.1. The van der Waals surface area contributed by atoms with Crippen LogP contribution in [0.4, 0.5) is 0 Å². The van der Waals surface area contributed by atoms with Crippen LogP contribution in [-0.2, 0) is 12.4 Å². The number of carbonyl (C=O) groups excluding carboxylic acids is 1. The van der Waals surface area contributed by atoms with E-state index in [0.717, 1.165) is 5.56 Å². The third kappa shape index (κ3) is 2.87. The van der Waals surface area contributed by atoms with Crippen LogP contribution in [0.25, 0.3) is 0 Å². The summed E-state index contributed by atoms with van der Waals surface area (Å²) in [6, 6.07) is 7.25. The van der Waals surface area contributed by atoms with Gasteiger partial charge in [0.05, 0.1) is 6.54 Å². The first-order chi connectivity index (χ1) is 8.70. The van der Waals surface area contributed by atoms with E-state index in [4.69, 9.17) is 11.6 Å². The summed E-state index contributed by atoms with van der Waals surface area (Å²) >= 11 is 5.70. The minimum Gasteiger partial charge on any atom is -0.334 e. The summed E-state index contributed by atoms with van der Waals surface area (Å²) in [5, 5.41) is 6.46. The molecule has 0 spiro atoms. The number of hydrogen-bond acceptors (Lipinski definition) is 3. The van der Waals surface area contributed by atoms with Crippen LogP contribution in [-0.4, -0.2) is 33.0 Å². The number of halogens is 1. The number of rotatable bonds is 4. The van der Waals surface area contributed by atoms with Crippen molar-refractivity contribution < 1.29 is 4.79 Å². The fraction of sp³-hybridized carbons (Fsp3) is 0.250. The van der Waals surface area contributed by atoms with Crippen molar-refractivity contribution in [3.05, 3.63) is 47.5 Å². The first-order valence-corrected chi connectivity index (χ1v) is 5.99. The van der Waals surface area contributed by atoms with E-state index in [1.165, 1.54) is 6.33 Å². The Kier molecular flexibility index (Phi) is 3.94. The molecule has 18 heavy (non-hydrogen) atoms. The predicted molar refractivity (Wildman–Crippen MR) is 68.2 cm³/mol. The summed E-state index contributed by atoms with van der Waals surface area (Å²) < 4.78 is 0. The van der Waals surface area contributed by atoms with Crippen molar-refractivity contribution in [2.24, 2.45) is 0 Å². The van der Waals surface area contributed by atoms with Gasteiger partial charge in [-0.25, -0.2) is 4.98 Å². The summed E-state index contributed by atoms with van der Waals surface area (Å²) in [5.41, 5.74) is 1.62. The van der Waals surface area contributed by atoms with Gasteiger partial charge in [-0.1, -0.05) is 12.1 Å². The molecule has 0 saturated carbocycles. The van der Waals surface area contributed by atoms with E-state index in [9.17, 15) is 4.79 Å². The summed E-state index contributed by atoms with van der Waals surface area (Å²) in [6.45, 7) is 0.399. The van der Waals surface area contributed by atoms with E-state index in [1.54, 1.807) is 24.1 Å². The molecule has 1 heterocycles. The maximum atomic E-state index is 12.1. The number of alkyl halides is 1. The molecule has 2 aromatic rings. The summed E-state index contributed by atoms with van der Waals surface area (Å²) in [7, 11) is 1.72. The standard InChI is InChI=1S/C12H13ClN4O/c1-17(7-11-14-8-15-16-11)12(18)10-4-2-9(6-13)3-5-10/h2-5,8H,6-7H2,1H3,(H,14,15,16). The maximum absolute atomic E-state index is 12.1. The molecule has 1 amide bonds. The van der Waals surface area contributed by atoms with E-state index >= 15 is 0 Å². The number of nitrogens with one attached hydrogen (secondary N) is 1. The second-order valence-corrected chi connectivity index (χ2v) is 4.19. The molecule has 94 valence electrons. The first kappa shape index (κ1) is 12.6. The Morgan fingerprint density at radius 3 is 2.67 bits per heavy atom. The molecule has 0 unspecified atom stereocenters. The van der Waals surface area contributed by atoms with Crippen molar-refractivity contribution in [2.75, 3.05) is 7.05 Å². The molecule has 0 aliphatic carbocycles. The van der Waals surface area contributed by atoms with Crippen LogP contribution in [0.3, 0.4) is 0 Å². The average molecular weight is 265 g/mol. The first-order valence-electron chi connectivity index (χ1n) is 5.45. The van der Waals surface area contributed by atoms with Gasteiger partial charge in [0, 0.05) is 18.5 Å². The van der Waals surface area contributed by atoms with Crippen LogP contribution in [0.2, 0.25) is 0 Å². The highest BCUT2D eigenvalue weighted by Crippen LogP contribution is 2.09. The molecule has 1 N–H and O–H groups in total. The number of carbonyl (C=O) groups is 1. The molecule has 0 fully saturated rings. The lowest BCUT2D eigenvalue weighted by Gasteiger charge is -2.15. The Labute approximate surface area is 110 Å². The molecular formula is C12H13ClN4O. The largest absolute Gasteiger partial charge is 0.334 e. The van der Waals surface area contributed by atoms with Crippen LogP contribution in [0, 0.1) is 0 Å². The van der Waals surface area contributed by atoms with E-state index in [-0.39, 0.29) is 5.91 Å². The SMILES string of the molecule is CN(Cc1ncn[nH]1)C(=O)c1ccc(CCl)cc1. The Morgan fingerprint density at radius 1 is 1.39 bits per heavy atom. The van der Waals surface area contributed by atoms with Gasteiger partial charge < -0.3 is 4.90 Å². The summed E-state index contributed by atoms with van der Waals surface area (Å²) in [5.74, 6) is 1.04.